The van der Waals surface area contributed by atoms with Crippen molar-refractivity contribution in [3.8, 4) is 0 Å². The molecular weight excluding hydrogens is 460 g/mol. The number of H-pyrrole nitrogens is 1. The second kappa shape index (κ2) is 8.53. The molecule has 0 spiro atoms. The molecule has 2 aliphatic rings. The molecule has 0 saturated carbocycles. The molecule has 0 unspecified atom stereocenters. The number of nitrogens with one attached hydrogen (secondary N) is 1. The van der Waals surface area contributed by atoms with Gasteiger partial charge in [-0.1, -0.05) is 24.3 Å². The fourth-order valence-electron chi connectivity index (χ4n) is 5.37. The topological polar surface area (TPSA) is 86.4 Å². The standard InChI is InChI=1S/C27H26N4O3S/c32-27(30-14-10-19(11-15-30)24-18-29-26-23(24)8-4-13-28-26)21-6-3-7-22(17-21)35(33,34)31-16-12-20-5-1-2-9-25(20)31/h1-9,13,17-19H,10-12,14-16H2,(H,28,29). The molecule has 2 aromatic heterocycles. The van der Waals surface area contributed by atoms with E-state index in [1.807, 2.05) is 41.4 Å². The fourth-order valence-corrected chi connectivity index (χ4v) is 6.92. The molecule has 35 heavy (non-hydrogen) atoms. The fraction of sp³-hybridized carbons (Fsp3) is 0.259. The summed E-state index contributed by atoms with van der Waals surface area (Å²) in [4.78, 5) is 22.9. The van der Waals surface area contributed by atoms with Crippen LogP contribution >= 0.6 is 0 Å². The molecule has 0 bridgehead atoms. The first-order valence-electron chi connectivity index (χ1n) is 11.9. The summed E-state index contributed by atoms with van der Waals surface area (Å²) in [6, 6.07) is 18.1. The van der Waals surface area contributed by atoms with Gasteiger partial charge in [0, 0.05) is 43.0 Å². The van der Waals surface area contributed by atoms with E-state index >= 15 is 0 Å². The number of carbonyl (C=O) groups is 1. The first kappa shape index (κ1) is 21.9. The third kappa shape index (κ3) is 3.78. The second-order valence-electron chi connectivity index (χ2n) is 9.19. The minimum Gasteiger partial charge on any atom is -0.346 e. The Hall–Kier alpha value is -3.65. The Kier molecular flexibility index (Phi) is 5.33. The van der Waals surface area contributed by atoms with Gasteiger partial charge in [0.05, 0.1) is 10.6 Å². The van der Waals surface area contributed by atoms with Crippen LogP contribution in [0, 0.1) is 0 Å². The molecular formula is C27H26N4O3S. The van der Waals surface area contributed by atoms with Crippen molar-refractivity contribution in [2.75, 3.05) is 23.9 Å². The molecule has 8 heteroatoms. The van der Waals surface area contributed by atoms with Crippen molar-refractivity contribution in [2.24, 2.45) is 0 Å². The van der Waals surface area contributed by atoms with Gasteiger partial charge in [-0.25, -0.2) is 13.4 Å². The highest BCUT2D eigenvalue weighted by Crippen LogP contribution is 2.34. The number of piperidine rings is 1. The zero-order valence-corrected chi connectivity index (χ0v) is 20.0. The molecule has 1 fully saturated rings. The van der Waals surface area contributed by atoms with Crippen LogP contribution in [0.5, 0.6) is 0 Å². The number of aromatic amines is 1. The van der Waals surface area contributed by atoms with Crippen molar-refractivity contribution in [2.45, 2.75) is 30.1 Å². The number of carbonyl (C=O) groups excluding carboxylic acids is 1. The van der Waals surface area contributed by atoms with Crippen molar-refractivity contribution in [1.29, 1.82) is 0 Å². The lowest BCUT2D eigenvalue weighted by molar-refractivity contribution is 0.0713. The molecule has 2 aromatic carbocycles. The summed E-state index contributed by atoms with van der Waals surface area (Å²) in [7, 11) is -3.74. The minimum absolute atomic E-state index is 0.122. The predicted molar refractivity (Wildman–Crippen MR) is 135 cm³/mol. The number of likely N-dealkylation sites (tertiary alicyclic amines) is 1. The lowest BCUT2D eigenvalue weighted by Crippen LogP contribution is -2.38. The van der Waals surface area contributed by atoms with E-state index in [0.717, 1.165) is 35.1 Å². The molecule has 2 aliphatic heterocycles. The van der Waals surface area contributed by atoms with Gasteiger partial charge in [0.2, 0.25) is 0 Å². The summed E-state index contributed by atoms with van der Waals surface area (Å²) in [5, 5.41) is 1.14. The molecule has 1 N–H and O–H groups in total. The van der Waals surface area contributed by atoms with Gasteiger partial charge in [0.25, 0.3) is 15.9 Å². The lowest BCUT2D eigenvalue weighted by atomic mass is 9.89. The summed E-state index contributed by atoms with van der Waals surface area (Å²) in [6.07, 6.45) is 6.22. The number of anilines is 1. The Morgan fingerprint density at radius 1 is 0.971 bits per heavy atom. The maximum atomic E-state index is 13.4. The highest BCUT2D eigenvalue weighted by atomic mass is 32.2. The van der Waals surface area contributed by atoms with E-state index < -0.39 is 10.0 Å². The van der Waals surface area contributed by atoms with Crippen LogP contribution in [0.2, 0.25) is 0 Å². The van der Waals surface area contributed by atoms with Gasteiger partial charge in [0.15, 0.2) is 0 Å². The van der Waals surface area contributed by atoms with Crippen molar-refractivity contribution >= 4 is 32.7 Å². The van der Waals surface area contributed by atoms with E-state index in [0.29, 0.717) is 37.5 Å². The van der Waals surface area contributed by atoms with Crippen LogP contribution in [0.25, 0.3) is 11.0 Å². The Balaban J connectivity index is 1.19. The Morgan fingerprint density at radius 2 is 1.80 bits per heavy atom. The van der Waals surface area contributed by atoms with E-state index in [1.54, 1.807) is 24.4 Å². The number of para-hydroxylation sites is 1. The number of benzene rings is 2. The number of fused-ring (bicyclic) bond motifs is 2. The summed E-state index contributed by atoms with van der Waals surface area (Å²) in [5.74, 6) is 0.238. The monoisotopic (exact) mass is 486 g/mol. The normalized spacial score (nSPS) is 16.6. The molecule has 178 valence electrons. The highest BCUT2D eigenvalue weighted by molar-refractivity contribution is 7.92. The number of sulfonamides is 1. The number of nitrogens with zero attached hydrogens (tertiary/aromatic N) is 3. The van der Waals surface area contributed by atoms with Crippen LogP contribution in [-0.4, -0.2) is 48.8 Å². The third-order valence-electron chi connectivity index (χ3n) is 7.22. The number of aromatic nitrogens is 2. The van der Waals surface area contributed by atoms with E-state index in [2.05, 4.69) is 16.0 Å². The molecule has 6 rings (SSSR count). The quantitative estimate of drug-likeness (QED) is 0.465. The number of pyridine rings is 1. The summed E-state index contributed by atoms with van der Waals surface area (Å²) in [6.45, 7) is 1.68. The molecule has 1 amide bonds. The third-order valence-corrected chi connectivity index (χ3v) is 9.03. The van der Waals surface area contributed by atoms with E-state index in [9.17, 15) is 13.2 Å². The van der Waals surface area contributed by atoms with Crippen molar-refractivity contribution in [1.82, 2.24) is 14.9 Å². The van der Waals surface area contributed by atoms with Gasteiger partial charge < -0.3 is 9.88 Å². The van der Waals surface area contributed by atoms with Gasteiger partial charge in [-0.3, -0.25) is 9.10 Å². The molecule has 4 heterocycles. The Labute approximate surface area is 204 Å². The summed E-state index contributed by atoms with van der Waals surface area (Å²) in [5.41, 5.74) is 4.29. The SMILES string of the molecule is O=C(c1cccc(S(=O)(=O)N2CCc3ccccc32)c1)N1CCC(c2c[nH]c3ncccc23)CC1. The van der Waals surface area contributed by atoms with Gasteiger partial charge in [-0.15, -0.1) is 0 Å². The number of amides is 1. The van der Waals surface area contributed by atoms with Crippen LogP contribution in [0.15, 0.2) is 78.0 Å². The average molecular weight is 487 g/mol. The zero-order valence-electron chi connectivity index (χ0n) is 19.2. The van der Waals surface area contributed by atoms with Gasteiger partial charge in [-0.2, -0.15) is 0 Å². The predicted octanol–water partition coefficient (Wildman–Crippen LogP) is 4.33. The minimum atomic E-state index is -3.74. The van der Waals surface area contributed by atoms with Crippen molar-refractivity contribution in [3.63, 3.8) is 0 Å². The lowest BCUT2D eigenvalue weighted by Gasteiger charge is -2.32. The number of hydrogen-bond donors (Lipinski definition) is 1. The van der Waals surface area contributed by atoms with Crippen LogP contribution in [-0.2, 0) is 16.4 Å². The van der Waals surface area contributed by atoms with Crippen LogP contribution in [0.4, 0.5) is 5.69 Å². The van der Waals surface area contributed by atoms with Gasteiger partial charge >= 0.3 is 0 Å². The second-order valence-corrected chi connectivity index (χ2v) is 11.1. The average Bonchev–Trinajstić information content (AvgIpc) is 3.53. The maximum absolute atomic E-state index is 13.4. The summed E-state index contributed by atoms with van der Waals surface area (Å²) < 4.78 is 28.3. The Bertz CT molecular complexity index is 1520. The maximum Gasteiger partial charge on any atom is 0.264 e. The first-order valence-corrected chi connectivity index (χ1v) is 13.4. The van der Waals surface area contributed by atoms with Crippen molar-refractivity contribution < 1.29 is 13.2 Å². The van der Waals surface area contributed by atoms with Crippen LogP contribution < -0.4 is 4.31 Å². The first-order chi connectivity index (χ1) is 17.0. The molecule has 0 aliphatic carbocycles. The molecule has 1 saturated heterocycles. The van der Waals surface area contributed by atoms with Gasteiger partial charge in [0.1, 0.15) is 5.65 Å². The number of hydrogen-bond acceptors (Lipinski definition) is 4. The highest BCUT2D eigenvalue weighted by Gasteiger charge is 2.32. The van der Waals surface area contributed by atoms with Crippen molar-refractivity contribution in [3.05, 3.63) is 89.7 Å². The zero-order chi connectivity index (χ0) is 24.0. The largest absolute Gasteiger partial charge is 0.346 e. The van der Waals surface area contributed by atoms with E-state index in [4.69, 9.17) is 0 Å². The Morgan fingerprint density at radius 3 is 2.66 bits per heavy atom. The molecule has 0 radical (unpaired) electrons. The van der Waals surface area contributed by atoms with Crippen LogP contribution in [0.3, 0.4) is 0 Å². The smallest absolute Gasteiger partial charge is 0.264 e. The van der Waals surface area contributed by atoms with E-state index in [1.165, 1.54) is 15.9 Å². The number of rotatable bonds is 4. The van der Waals surface area contributed by atoms with Gasteiger partial charge in [-0.05, 0) is 72.7 Å². The molecule has 0 atom stereocenters. The molecule has 7 nitrogen and oxygen atoms in total. The molecule has 4 aromatic rings. The van der Waals surface area contributed by atoms with Crippen LogP contribution in [0.1, 0.15) is 40.2 Å². The van der Waals surface area contributed by atoms with E-state index in [-0.39, 0.29) is 10.8 Å². The summed E-state index contributed by atoms with van der Waals surface area (Å²) >= 11 is 0.